The molecule has 0 fully saturated rings. The van der Waals surface area contributed by atoms with E-state index >= 15 is 0 Å². The Kier molecular flexibility index (Phi) is 4.15. The molecule has 1 heterocycles. The molecule has 0 atom stereocenters. The molecule has 0 saturated heterocycles. The molecule has 106 valence electrons. The molecule has 21 heavy (non-hydrogen) atoms. The first-order valence-corrected chi connectivity index (χ1v) is 7.35. The summed E-state index contributed by atoms with van der Waals surface area (Å²) >= 11 is 0. The zero-order valence-corrected chi connectivity index (χ0v) is 11.9. The van der Waals surface area contributed by atoms with Gasteiger partial charge in [-0.2, -0.15) is 0 Å². The van der Waals surface area contributed by atoms with Crippen molar-refractivity contribution in [2.45, 2.75) is 25.7 Å². The molecule has 2 nitrogen and oxygen atoms in total. The van der Waals surface area contributed by atoms with Crippen molar-refractivity contribution in [3.8, 4) is 11.1 Å². The van der Waals surface area contributed by atoms with Crippen molar-refractivity contribution in [2.75, 3.05) is 0 Å². The van der Waals surface area contributed by atoms with E-state index in [0.717, 1.165) is 47.8 Å². The molecule has 0 aliphatic heterocycles. The predicted molar refractivity (Wildman–Crippen MR) is 84.7 cm³/mol. The van der Waals surface area contributed by atoms with E-state index in [-0.39, 0.29) is 0 Å². The number of allylic oxidation sites excluding steroid dienone is 3. The third kappa shape index (κ3) is 3.05. The Bertz CT molecular complexity index is 675. The number of benzene rings is 1. The van der Waals surface area contributed by atoms with Crippen LogP contribution in [0.5, 0.6) is 0 Å². The van der Waals surface area contributed by atoms with Gasteiger partial charge in [0.1, 0.15) is 6.29 Å². The minimum atomic E-state index is 0.909. The fraction of sp³-hybridized carbons (Fsp3) is 0.211. The predicted octanol–water partition coefficient (Wildman–Crippen LogP) is 5.03. The van der Waals surface area contributed by atoms with Crippen molar-refractivity contribution in [1.29, 1.82) is 0 Å². The summed E-state index contributed by atoms with van der Waals surface area (Å²) in [4.78, 5) is 11.1. The second-order valence-electron chi connectivity index (χ2n) is 5.31. The summed E-state index contributed by atoms with van der Waals surface area (Å²) in [7, 11) is 0. The maximum absolute atomic E-state index is 11.1. The number of rotatable bonds is 4. The summed E-state index contributed by atoms with van der Waals surface area (Å²) in [6.45, 7) is 0. The van der Waals surface area contributed by atoms with Gasteiger partial charge in [-0.25, -0.2) is 0 Å². The van der Waals surface area contributed by atoms with Crippen molar-refractivity contribution < 1.29 is 9.21 Å². The van der Waals surface area contributed by atoms with Crippen LogP contribution < -0.4 is 0 Å². The van der Waals surface area contributed by atoms with Gasteiger partial charge in [-0.1, -0.05) is 36.4 Å². The summed E-state index contributed by atoms with van der Waals surface area (Å²) in [6, 6.07) is 10.2. The number of hydrogen-bond donors (Lipinski definition) is 0. The van der Waals surface area contributed by atoms with Gasteiger partial charge in [-0.3, -0.25) is 4.79 Å². The highest BCUT2D eigenvalue weighted by Crippen LogP contribution is 2.28. The Labute approximate surface area is 124 Å². The fourth-order valence-corrected chi connectivity index (χ4v) is 2.79. The first-order valence-electron chi connectivity index (χ1n) is 7.35. The van der Waals surface area contributed by atoms with Gasteiger partial charge in [0.05, 0.1) is 12.5 Å². The SMILES string of the molecule is O=CC1=C(/C=C/c2ccccc2-c2ccoc2)CCCC1. The zero-order chi connectivity index (χ0) is 14.5. The quantitative estimate of drug-likeness (QED) is 0.734. The number of hydrogen-bond acceptors (Lipinski definition) is 2. The van der Waals surface area contributed by atoms with E-state index in [4.69, 9.17) is 4.42 Å². The van der Waals surface area contributed by atoms with Crippen LogP contribution in [0.3, 0.4) is 0 Å². The highest BCUT2D eigenvalue weighted by Gasteiger charge is 2.10. The molecule has 0 unspecified atom stereocenters. The van der Waals surface area contributed by atoms with Crippen LogP contribution in [-0.4, -0.2) is 6.29 Å². The highest BCUT2D eigenvalue weighted by atomic mass is 16.3. The summed E-state index contributed by atoms with van der Waals surface area (Å²) in [5, 5.41) is 0. The molecule has 1 aromatic heterocycles. The molecule has 0 N–H and O–H groups in total. The van der Waals surface area contributed by atoms with Gasteiger partial charge in [0.2, 0.25) is 0 Å². The Morgan fingerprint density at radius 1 is 0.952 bits per heavy atom. The molecular formula is C19H18O2. The van der Waals surface area contributed by atoms with Gasteiger partial charge < -0.3 is 4.42 Å². The van der Waals surface area contributed by atoms with Crippen molar-refractivity contribution >= 4 is 12.4 Å². The monoisotopic (exact) mass is 278 g/mol. The average Bonchev–Trinajstić information content (AvgIpc) is 3.08. The normalized spacial score (nSPS) is 15.6. The van der Waals surface area contributed by atoms with E-state index < -0.39 is 0 Å². The van der Waals surface area contributed by atoms with E-state index in [9.17, 15) is 4.79 Å². The highest BCUT2D eigenvalue weighted by molar-refractivity contribution is 5.79. The number of furan rings is 1. The lowest BCUT2D eigenvalue weighted by Gasteiger charge is -2.13. The lowest BCUT2D eigenvalue weighted by molar-refractivity contribution is -0.105. The van der Waals surface area contributed by atoms with Crippen LogP contribution >= 0.6 is 0 Å². The topological polar surface area (TPSA) is 30.2 Å². The second kappa shape index (κ2) is 6.40. The van der Waals surface area contributed by atoms with Crippen LogP contribution in [0.25, 0.3) is 17.2 Å². The van der Waals surface area contributed by atoms with Crippen molar-refractivity contribution in [3.63, 3.8) is 0 Å². The third-order valence-corrected chi connectivity index (χ3v) is 3.95. The first kappa shape index (κ1) is 13.6. The fourth-order valence-electron chi connectivity index (χ4n) is 2.79. The van der Waals surface area contributed by atoms with Crippen LogP contribution in [0.15, 0.2) is 64.5 Å². The summed E-state index contributed by atoms with van der Waals surface area (Å²) in [6.07, 6.45) is 12.9. The molecule has 0 spiro atoms. The standard InChI is InChI=1S/C19H18O2/c20-13-17-7-2-1-5-15(17)9-10-16-6-3-4-8-19(16)18-11-12-21-14-18/h3-4,6,8-14H,1-2,5,7H2/b10-9+. The van der Waals surface area contributed by atoms with Gasteiger partial charge in [0, 0.05) is 5.56 Å². The number of aldehydes is 1. The van der Waals surface area contributed by atoms with Crippen molar-refractivity contribution in [3.05, 3.63) is 65.6 Å². The smallest absolute Gasteiger partial charge is 0.146 e. The van der Waals surface area contributed by atoms with Gasteiger partial charge in [-0.05, 0) is 54.0 Å². The van der Waals surface area contributed by atoms with E-state index in [1.165, 1.54) is 12.0 Å². The van der Waals surface area contributed by atoms with E-state index in [1.807, 2.05) is 18.2 Å². The van der Waals surface area contributed by atoms with Crippen LogP contribution in [-0.2, 0) is 4.79 Å². The minimum Gasteiger partial charge on any atom is -0.472 e. The summed E-state index contributed by atoms with van der Waals surface area (Å²) in [5.41, 5.74) is 5.49. The van der Waals surface area contributed by atoms with Crippen LogP contribution in [0.2, 0.25) is 0 Å². The lowest BCUT2D eigenvalue weighted by atomic mass is 9.91. The Morgan fingerprint density at radius 2 is 1.76 bits per heavy atom. The molecule has 2 heteroatoms. The Hall–Kier alpha value is -2.35. The molecule has 0 bridgehead atoms. The average molecular weight is 278 g/mol. The molecule has 1 aromatic carbocycles. The van der Waals surface area contributed by atoms with E-state index in [1.54, 1.807) is 12.5 Å². The lowest BCUT2D eigenvalue weighted by Crippen LogP contribution is -1.99. The molecule has 3 rings (SSSR count). The molecule has 0 radical (unpaired) electrons. The number of carbonyl (C=O) groups excluding carboxylic acids is 1. The molecule has 1 aliphatic carbocycles. The Balaban J connectivity index is 1.93. The molecule has 0 saturated carbocycles. The number of carbonyl (C=O) groups is 1. The van der Waals surface area contributed by atoms with Gasteiger partial charge in [-0.15, -0.1) is 0 Å². The van der Waals surface area contributed by atoms with Crippen molar-refractivity contribution in [2.24, 2.45) is 0 Å². The second-order valence-corrected chi connectivity index (χ2v) is 5.31. The first-order chi connectivity index (χ1) is 10.4. The largest absolute Gasteiger partial charge is 0.472 e. The summed E-state index contributed by atoms with van der Waals surface area (Å²) < 4.78 is 5.17. The Morgan fingerprint density at radius 3 is 2.52 bits per heavy atom. The zero-order valence-electron chi connectivity index (χ0n) is 11.9. The molecule has 0 amide bonds. The van der Waals surface area contributed by atoms with Crippen LogP contribution in [0, 0.1) is 0 Å². The molecule has 1 aliphatic rings. The summed E-state index contributed by atoms with van der Waals surface area (Å²) in [5.74, 6) is 0. The van der Waals surface area contributed by atoms with E-state index in [0.29, 0.717) is 0 Å². The van der Waals surface area contributed by atoms with Gasteiger partial charge in [0.15, 0.2) is 0 Å². The van der Waals surface area contributed by atoms with Crippen LogP contribution in [0.1, 0.15) is 31.2 Å². The van der Waals surface area contributed by atoms with Gasteiger partial charge >= 0.3 is 0 Å². The maximum Gasteiger partial charge on any atom is 0.146 e. The molecular weight excluding hydrogens is 260 g/mol. The van der Waals surface area contributed by atoms with Crippen molar-refractivity contribution in [1.82, 2.24) is 0 Å². The molecule has 2 aromatic rings. The third-order valence-electron chi connectivity index (χ3n) is 3.95. The van der Waals surface area contributed by atoms with Gasteiger partial charge in [0.25, 0.3) is 0 Å². The van der Waals surface area contributed by atoms with E-state index in [2.05, 4.69) is 24.3 Å². The van der Waals surface area contributed by atoms with Crippen LogP contribution in [0.4, 0.5) is 0 Å². The minimum absolute atomic E-state index is 0.909. The maximum atomic E-state index is 11.1.